The minimum absolute atomic E-state index is 0.217. The summed E-state index contributed by atoms with van der Waals surface area (Å²) in [5.41, 5.74) is 0. The summed E-state index contributed by atoms with van der Waals surface area (Å²) in [6.45, 7) is 5.75. The molecule has 64 valence electrons. The van der Waals surface area contributed by atoms with E-state index in [0.29, 0.717) is 6.10 Å². The van der Waals surface area contributed by atoms with E-state index < -0.39 is 0 Å². The lowest BCUT2D eigenvalue weighted by atomic mass is 10.1. The summed E-state index contributed by atoms with van der Waals surface area (Å²) in [5, 5.41) is 0. The van der Waals surface area contributed by atoms with Crippen molar-refractivity contribution in [3.8, 4) is 0 Å². The number of rotatable bonds is 1. The predicted octanol–water partition coefficient (Wildman–Crippen LogP) is 2.20. The van der Waals surface area contributed by atoms with Crippen molar-refractivity contribution in [1.82, 2.24) is 4.67 Å². The van der Waals surface area contributed by atoms with Crippen molar-refractivity contribution in [2.45, 2.75) is 38.3 Å². The molecule has 0 aromatic heterocycles. The van der Waals surface area contributed by atoms with Gasteiger partial charge in [0, 0.05) is 12.6 Å². The van der Waals surface area contributed by atoms with Gasteiger partial charge in [0.1, 0.15) is 8.30 Å². The average Bonchev–Trinajstić information content (AvgIpc) is 2.54. The Morgan fingerprint density at radius 2 is 2.45 bits per heavy atom. The molecule has 2 saturated heterocycles. The van der Waals surface area contributed by atoms with Gasteiger partial charge >= 0.3 is 0 Å². The van der Waals surface area contributed by atoms with Gasteiger partial charge in [-0.2, -0.15) is 0 Å². The average molecular weight is 173 g/mol. The van der Waals surface area contributed by atoms with E-state index in [2.05, 4.69) is 18.3 Å². The third kappa shape index (κ3) is 1.22. The van der Waals surface area contributed by atoms with Crippen molar-refractivity contribution in [3.63, 3.8) is 0 Å². The van der Waals surface area contributed by atoms with Crippen LogP contribution in [0, 0.1) is 0 Å². The van der Waals surface area contributed by atoms with E-state index in [-0.39, 0.29) is 8.30 Å². The fourth-order valence-corrected chi connectivity index (χ4v) is 4.09. The van der Waals surface area contributed by atoms with Crippen LogP contribution in [0.3, 0.4) is 0 Å². The number of hydrogen-bond acceptors (Lipinski definition) is 2. The van der Waals surface area contributed by atoms with Crippen molar-refractivity contribution in [3.05, 3.63) is 0 Å². The van der Waals surface area contributed by atoms with Gasteiger partial charge in [-0.05, 0) is 25.9 Å². The van der Waals surface area contributed by atoms with Gasteiger partial charge in [-0.3, -0.25) is 4.67 Å². The maximum Gasteiger partial charge on any atom is 0.101 e. The molecule has 3 heteroatoms. The molecule has 2 nitrogen and oxygen atoms in total. The Labute approximate surface area is 69.8 Å². The summed E-state index contributed by atoms with van der Waals surface area (Å²) >= 11 is 0. The molecule has 0 bridgehead atoms. The maximum absolute atomic E-state index is 5.87. The smallest absolute Gasteiger partial charge is 0.101 e. The van der Waals surface area contributed by atoms with Gasteiger partial charge < -0.3 is 4.52 Å². The first-order chi connectivity index (χ1) is 5.33. The topological polar surface area (TPSA) is 12.5 Å². The molecule has 0 aliphatic carbocycles. The molecule has 0 amide bonds. The van der Waals surface area contributed by atoms with E-state index in [9.17, 15) is 0 Å². The number of hydrogen-bond donors (Lipinski definition) is 0. The van der Waals surface area contributed by atoms with Crippen LogP contribution >= 0.6 is 8.30 Å². The number of fused-ring (bicyclic) bond motifs is 1. The summed E-state index contributed by atoms with van der Waals surface area (Å²) < 4.78 is 8.44. The Balaban J connectivity index is 2.07. The Morgan fingerprint density at radius 1 is 1.64 bits per heavy atom. The molecule has 0 aromatic carbocycles. The zero-order valence-electron chi connectivity index (χ0n) is 7.29. The molecule has 2 aliphatic rings. The summed E-state index contributed by atoms with van der Waals surface area (Å²) in [4.78, 5) is 0. The minimum Gasteiger partial charge on any atom is -0.339 e. The van der Waals surface area contributed by atoms with Crippen LogP contribution in [0.5, 0.6) is 0 Å². The normalized spacial score (nSPS) is 44.7. The monoisotopic (exact) mass is 173 g/mol. The fraction of sp³-hybridized carbons (Fsp3) is 1.00. The Hall–Kier alpha value is 0.350. The molecule has 2 aliphatic heterocycles. The Morgan fingerprint density at radius 3 is 3.18 bits per heavy atom. The summed E-state index contributed by atoms with van der Waals surface area (Å²) in [6, 6.07) is 0.774. The summed E-state index contributed by atoms with van der Waals surface area (Å²) in [6.07, 6.45) is 4.49. The van der Waals surface area contributed by atoms with Crippen LogP contribution in [0.25, 0.3) is 0 Å². The lowest BCUT2D eigenvalue weighted by Gasteiger charge is -2.16. The van der Waals surface area contributed by atoms with Gasteiger partial charge in [0.15, 0.2) is 0 Å². The second-order valence-corrected chi connectivity index (χ2v) is 5.04. The first-order valence-electron chi connectivity index (χ1n) is 4.50. The SMILES string of the molecule is CC[C@@H]1O[P@@](C)N2CCC[C@H]12. The molecule has 2 fully saturated rings. The van der Waals surface area contributed by atoms with Crippen LogP contribution in [0.1, 0.15) is 26.2 Å². The molecule has 2 rings (SSSR count). The number of nitrogens with zero attached hydrogens (tertiary/aromatic N) is 1. The van der Waals surface area contributed by atoms with Crippen molar-refractivity contribution < 1.29 is 4.52 Å². The molecular formula is C8H16NOP. The lowest BCUT2D eigenvalue weighted by Crippen LogP contribution is -2.26. The van der Waals surface area contributed by atoms with Gasteiger partial charge in [-0.25, -0.2) is 0 Å². The zero-order valence-corrected chi connectivity index (χ0v) is 8.18. The van der Waals surface area contributed by atoms with Crippen LogP contribution in [0.4, 0.5) is 0 Å². The standard InChI is InChI=1S/C8H16NOP/c1-3-8-7-5-4-6-9(7)11(2)10-8/h7-8H,3-6H2,1-2H3/t7-,8+,11+/m1/s1. The first kappa shape index (κ1) is 7.97. The highest BCUT2D eigenvalue weighted by Gasteiger charge is 2.41. The van der Waals surface area contributed by atoms with Crippen molar-refractivity contribution >= 4 is 8.30 Å². The van der Waals surface area contributed by atoms with E-state index in [1.807, 2.05) is 0 Å². The van der Waals surface area contributed by atoms with Crippen LogP contribution in [-0.2, 0) is 4.52 Å². The summed E-state index contributed by atoms with van der Waals surface area (Å²) in [7, 11) is -0.217. The molecular weight excluding hydrogens is 157 g/mol. The largest absolute Gasteiger partial charge is 0.339 e. The minimum atomic E-state index is -0.217. The third-order valence-corrected chi connectivity index (χ3v) is 4.55. The Bertz CT molecular complexity index is 153. The second kappa shape index (κ2) is 3.01. The highest BCUT2D eigenvalue weighted by molar-refractivity contribution is 7.49. The van der Waals surface area contributed by atoms with E-state index in [1.165, 1.54) is 25.8 Å². The molecule has 0 saturated carbocycles. The van der Waals surface area contributed by atoms with Crippen LogP contribution < -0.4 is 0 Å². The van der Waals surface area contributed by atoms with Crippen molar-refractivity contribution in [2.24, 2.45) is 0 Å². The van der Waals surface area contributed by atoms with Crippen LogP contribution in [-0.4, -0.2) is 30.0 Å². The molecule has 3 atom stereocenters. The second-order valence-electron chi connectivity index (χ2n) is 3.39. The quantitative estimate of drug-likeness (QED) is 0.563. The molecule has 0 unspecified atom stereocenters. The van der Waals surface area contributed by atoms with Crippen LogP contribution in [0.2, 0.25) is 0 Å². The van der Waals surface area contributed by atoms with Gasteiger partial charge in [-0.1, -0.05) is 6.92 Å². The molecule has 0 N–H and O–H groups in total. The van der Waals surface area contributed by atoms with E-state index in [1.54, 1.807) is 0 Å². The van der Waals surface area contributed by atoms with Gasteiger partial charge in [0.25, 0.3) is 0 Å². The first-order valence-corrected chi connectivity index (χ1v) is 6.16. The zero-order chi connectivity index (χ0) is 7.84. The van der Waals surface area contributed by atoms with Gasteiger partial charge in [-0.15, -0.1) is 0 Å². The van der Waals surface area contributed by atoms with E-state index in [0.717, 1.165) is 6.04 Å². The molecule has 0 radical (unpaired) electrons. The fourth-order valence-electron chi connectivity index (χ4n) is 2.18. The summed E-state index contributed by atoms with van der Waals surface area (Å²) in [5.74, 6) is 0. The van der Waals surface area contributed by atoms with Crippen LogP contribution in [0.15, 0.2) is 0 Å². The van der Waals surface area contributed by atoms with Gasteiger partial charge in [0.2, 0.25) is 0 Å². The Kier molecular flexibility index (Phi) is 2.18. The van der Waals surface area contributed by atoms with Gasteiger partial charge in [0.05, 0.1) is 6.10 Å². The molecule has 2 heterocycles. The molecule has 11 heavy (non-hydrogen) atoms. The molecule has 0 aromatic rings. The highest BCUT2D eigenvalue weighted by Crippen LogP contribution is 2.52. The lowest BCUT2D eigenvalue weighted by molar-refractivity contribution is 0.205. The van der Waals surface area contributed by atoms with E-state index in [4.69, 9.17) is 4.52 Å². The predicted molar refractivity (Wildman–Crippen MR) is 47.7 cm³/mol. The van der Waals surface area contributed by atoms with Crippen molar-refractivity contribution in [2.75, 3.05) is 13.2 Å². The molecule has 0 spiro atoms. The highest BCUT2D eigenvalue weighted by atomic mass is 31.2. The third-order valence-electron chi connectivity index (χ3n) is 2.75. The van der Waals surface area contributed by atoms with Crippen molar-refractivity contribution in [1.29, 1.82) is 0 Å². The van der Waals surface area contributed by atoms with E-state index >= 15 is 0 Å². The maximum atomic E-state index is 5.87.